The van der Waals surface area contributed by atoms with E-state index in [4.69, 9.17) is 0 Å². The predicted octanol–water partition coefficient (Wildman–Crippen LogP) is 2.97. The lowest BCUT2D eigenvalue weighted by atomic mass is 9.64. The molecule has 4 atom stereocenters. The van der Waals surface area contributed by atoms with Crippen LogP contribution in [0.3, 0.4) is 0 Å². The zero-order chi connectivity index (χ0) is 21.3. The SMILES string of the molecule is CC1(C)C2CCC(C2)C1(C)NC(=O)CN1C(=O)[C@@H]2CCCN2C(=O)c2ccccc21. The van der Waals surface area contributed by atoms with Crippen LogP contribution in [0, 0.1) is 17.3 Å². The quantitative estimate of drug-likeness (QED) is 0.834. The van der Waals surface area contributed by atoms with Crippen molar-refractivity contribution in [3.05, 3.63) is 29.8 Å². The standard InChI is InChI=1S/C24H31N3O3/c1-23(2)15-10-11-16(13-15)24(23,3)25-20(28)14-27-18-8-5-4-7-17(18)21(29)26-12-6-9-19(26)22(27)30/h4-5,7-8,15-16,19H,6,9-14H2,1-3H3,(H,25,28)/t15?,16?,19-,24?/m0/s1. The highest BCUT2D eigenvalue weighted by Crippen LogP contribution is 2.61. The third-order valence-corrected chi connectivity index (χ3v) is 8.80. The Morgan fingerprint density at radius 1 is 1.10 bits per heavy atom. The number of hydrogen-bond acceptors (Lipinski definition) is 3. The van der Waals surface area contributed by atoms with Gasteiger partial charge in [-0.1, -0.05) is 26.0 Å². The minimum absolute atomic E-state index is 0.0322. The van der Waals surface area contributed by atoms with E-state index in [1.165, 1.54) is 12.8 Å². The summed E-state index contributed by atoms with van der Waals surface area (Å²) in [7, 11) is 0. The minimum Gasteiger partial charge on any atom is -0.349 e. The third kappa shape index (κ3) is 2.58. The summed E-state index contributed by atoms with van der Waals surface area (Å²) < 4.78 is 0. The molecule has 4 aliphatic rings. The largest absolute Gasteiger partial charge is 0.349 e. The fourth-order valence-corrected chi connectivity index (χ4v) is 6.62. The first-order valence-corrected chi connectivity index (χ1v) is 11.3. The Bertz CT molecular complexity index is 926. The average molecular weight is 410 g/mol. The lowest BCUT2D eigenvalue weighted by Gasteiger charge is -2.48. The summed E-state index contributed by atoms with van der Waals surface area (Å²) in [6.45, 7) is 7.25. The molecule has 2 aliphatic heterocycles. The van der Waals surface area contributed by atoms with E-state index < -0.39 is 6.04 Å². The van der Waals surface area contributed by atoms with Crippen molar-refractivity contribution in [1.82, 2.24) is 10.2 Å². The second kappa shape index (κ2) is 6.56. The van der Waals surface area contributed by atoms with Crippen molar-refractivity contribution in [3.63, 3.8) is 0 Å². The Morgan fingerprint density at radius 3 is 2.57 bits per heavy atom. The number of carbonyl (C=O) groups excluding carboxylic acids is 3. The lowest BCUT2D eigenvalue weighted by molar-refractivity contribution is -0.128. The molecule has 6 nitrogen and oxygen atoms in total. The monoisotopic (exact) mass is 409 g/mol. The van der Waals surface area contributed by atoms with Gasteiger partial charge in [0.1, 0.15) is 12.6 Å². The molecule has 0 aromatic heterocycles. The van der Waals surface area contributed by atoms with Crippen LogP contribution >= 0.6 is 0 Å². The van der Waals surface area contributed by atoms with Gasteiger partial charge < -0.3 is 15.1 Å². The topological polar surface area (TPSA) is 69.7 Å². The van der Waals surface area contributed by atoms with E-state index in [-0.39, 0.29) is 35.2 Å². The number of fused-ring (bicyclic) bond motifs is 4. The maximum Gasteiger partial charge on any atom is 0.256 e. The maximum absolute atomic E-state index is 13.4. The Kier molecular flexibility index (Phi) is 4.28. The molecule has 2 bridgehead atoms. The third-order valence-electron chi connectivity index (χ3n) is 8.80. The summed E-state index contributed by atoms with van der Waals surface area (Å²) in [5, 5.41) is 3.34. The molecule has 2 aliphatic carbocycles. The number of carbonyl (C=O) groups is 3. The minimum atomic E-state index is -0.466. The first-order chi connectivity index (χ1) is 14.2. The number of nitrogens with zero attached hydrogens (tertiary/aromatic N) is 2. The molecule has 30 heavy (non-hydrogen) atoms. The second-order valence-electron chi connectivity index (χ2n) is 10.3. The van der Waals surface area contributed by atoms with E-state index in [1.807, 2.05) is 12.1 Å². The van der Waals surface area contributed by atoms with Crippen LogP contribution in [0.5, 0.6) is 0 Å². The molecule has 3 unspecified atom stereocenters. The Balaban J connectivity index is 1.43. The van der Waals surface area contributed by atoms with Gasteiger partial charge in [0.05, 0.1) is 11.3 Å². The van der Waals surface area contributed by atoms with E-state index in [9.17, 15) is 14.4 Å². The van der Waals surface area contributed by atoms with Gasteiger partial charge in [-0.15, -0.1) is 0 Å². The summed E-state index contributed by atoms with van der Waals surface area (Å²) in [6, 6.07) is 6.71. The van der Waals surface area contributed by atoms with Gasteiger partial charge in [-0.2, -0.15) is 0 Å². The average Bonchev–Trinajstić information content (AvgIpc) is 3.42. The highest BCUT2D eigenvalue weighted by Gasteiger charge is 2.61. The fraction of sp³-hybridized carbons (Fsp3) is 0.625. The van der Waals surface area contributed by atoms with E-state index in [2.05, 4.69) is 26.1 Å². The van der Waals surface area contributed by atoms with Crippen LogP contribution in [0.2, 0.25) is 0 Å². The number of rotatable bonds is 3. The van der Waals surface area contributed by atoms with Crippen molar-refractivity contribution in [1.29, 1.82) is 0 Å². The molecule has 1 N–H and O–H groups in total. The molecule has 2 heterocycles. The number of benzene rings is 1. The molecular formula is C24H31N3O3. The van der Waals surface area contributed by atoms with E-state index in [0.717, 1.165) is 12.8 Å². The van der Waals surface area contributed by atoms with Crippen LogP contribution in [0.1, 0.15) is 63.2 Å². The summed E-state index contributed by atoms with van der Waals surface area (Å²) in [4.78, 5) is 42.9. The smallest absolute Gasteiger partial charge is 0.256 e. The van der Waals surface area contributed by atoms with E-state index in [0.29, 0.717) is 36.1 Å². The molecule has 3 fully saturated rings. The molecule has 0 spiro atoms. The van der Waals surface area contributed by atoms with Crippen molar-refractivity contribution < 1.29 is 14.4 Å². The molecule has 1 saturated heterocycles. The zero-order valence-electron chi connectivity index (χ0n) is 18.1. The van der Waals surface area contributed by atoms with Gasteiger partial charge in [-0.3, -0.25) is 14.4 Å². The zero-order valence-corrected chi connectivity index (χ0v) is 18.1. The van der Waals surface area contributed by atoms with Gasteiger partial charge in [0.25, 0.3) is 5.91 Å². The van der Waals surface area contributed by atoms with Crippen LogP contribution in [0.4, 0.5) is 5.69 Å². The van der Waals surface area contributed by atoms with Crippen molar-refractivity contribution in [2.75, 3.05) is 18.0 Å². The van der Waals surface area contributed by atoms with Gasteiger partial charge >= 0.3 is 0 Å². The molecule has 2 saturated carbocycles. The molecule has 1 aromatic carbocycles. The normalized spacial score (nSPS) is 34.0. The van der Waals surface area contributed by atoms with Crippen LogP contribution in [0.25, 0.3) is 0 Å². The number of hydrogen-bond donors (Lipinski definition) is 1. The maximum atomic E-state index is 13.4. The fourth-order valence-electron chi connectivity index (χ4n) is 6.62. The van der Waals surface area contributed by atoms with Crippen LogP contribution < -0.4 is 10.2 Å². The van der Waals surface area contributed by atoms with Crippen molar-refractivity contribution in [2.24, 2.45) is 17.3 Å². The van der Waals surface area contributed by atoms with E-state index in [1.54, 1.807) is 21.9 Å². The Labute approximate surface area is 178 Å². The van der Waals surface area contributed by atoms with Crippen molar-refractivity contribution in [3.8, 4) is 0 Å². The summed E-state index contributed by atoms with van der Waals surface area (Å²) in [5.41, 5.74) is 0.824. The molecule has 160 valence electrons. The lowest BCUT2D eigenvalue weighted by Crippen LogP contribution is -2.61. The number of nitrogens with one attached hydrogen (secondary N) is 1. The van der Waals surface area contributed by atoms with Gasteiger partial charge in [-0.25, -0.2) is 0 Å². The molecular weight excluding hydrogens is 378 g/mol. The van der Waals surface area contributed by atoms with Gasteiger partial charge in [-0.05, 0) is 68.4 Å². The predicted molar refractivity (Wildman–Crippen MR) is 114 cm³/mol. The Hall–Kier alpha value is -2.37. The van der Waals surface area contributed by atoms with Crippen LogP contribution in [0.15, 0.2) is 24.3 Å². The van der Waals surface area contributed by atoms with Crippen LogP contribution in [-0.2, 0) is 9.59 Å². The van der Waals surface area contributed by atoms with Gasteiger partial charge in [0.2, 0.25) is 11.8 Å². The number of para-hydroxylation sites is 1. The highest BCUT2D eigenvalue weighted by molar-refractivity contribution is 6.12. The molecule has 6 heteroatoms. The first-order valence-electron chi connectivity index (χ1n) is 11.3. The summed E-state index contributed by atoms with van der Waals surface area (Å²) in [5.74, 6) is 0.738. The van der Waals surface area contributed by atoms with Crippen LogP contribution in [-0.4, -0.2) is 47.3 Å². The summed E-state index contributed by atoms with van der Waals surface area (Å²) >= 11 is 0. The van der Waals surface area contributed by atoms with Gasteiger partial charge in [0.15, 0.2) is 0 Å². The number of anilines is 1. The van der Waals surface area contributed by atoms with E-state index >= 15 is 0 Å². The van der Waals surface area contributed by atoms with Gasteiger partial charge in [0, 0.05) is 12.1 Å². The first kappa shape index (κ1) is 19.6. The molecule has 0 radical (unpaired) electrons. The highest BCUT2D eigenvalue weighted by atomic mass is 16.2. The van der Waals surface area contributed by atoms with Crippen molar-refractivity contribution in [2.45, 2.75) is 64.5 Å². The second-order valence-corrected chi connectivity index (χ2v) is 10.3. The molecule has 5 rings (SSSR count). The molecule has 3 amide bonds. The Morgan fingerprint density at radius 2 is 1.83 bits per heavy atom. The van der Waals surface area contributed by atoms with Crippen molar-refractivity contribution >= 4 is 23.4 Å². The molecule has 1 aromatic rings. The number of amides is 3. The summed E-state index contributed by atoms with van der Waals surface area (Å²) in [6.07, 6.45) is 5.04.